The maximum atomic E-state index is 6.01. The van der Waals surface area contributed by atoms with Crippen LogP contribution in [-0.2, 0) is 6.54 Å². The second-order valence-electron chi connectivity index (χ2n) is 4.97. The highest BCUT2D eigenvalue weighted by Crippen LogP contribution is 2.31. The number of furan rings is 1. The third-order valence-corrected chi connectivity index (χ3v) is 3.65. The standard InChI is InChI=1S/C17H16ClNO/c1-11-7-12(10-19-2)3-5-15(11)17-9-13-8-14(18)4-6-16(13)20-17/h3-9,19H,10H2,1-2H3. The predicted octanol–water partition coefficient (Wildman–Crippen LogP) is 4.78. The van der Waals surface area contributed by atoms with Crippen molar-refractivity contribution in [3.8, 4) is 11.3 Å². The van der Waals surface area contributed by atoms with E-state index >= 15 is 0 Å². The molecule has 0 fully saturated rings. The second kappa shape index (κ2) is 5.31. The van der Waals surface area contributed by atoms with E-state index < -0.39 is 0 Å². The zero-order valence-corrected chi connectivity index (χ0v) is 12.3. The highest BCUT2D eigenvalue weighted by atomic mass is 35.5. The Morgan fingerprint density at radius 3 is 2.70 bits per heavy atom. The zero-order valence-electron chi connectivity index (χ0n) is 11.5. The van der Waals surface area contributed by atoms with Crippen molar-refractivity contribution >= 4 is 22.6 Å². The Kier molecular flexibility index (Phi) is 3.51. The van der Waals surface area contributed by atoms with E-state index in [1.54, 1.807) is 0 Å². The number of fused-ring (bicyclic) bond motifs is 1. The predicted molar refractivity (Wildman–Crippen MR) is 84.2 cm³/mol. The van der Waals surface area contributed by atoms with Gasteiger partial charge in [-0.15, -0.1) is 0 Å². The summed E-state index contributed by atoms with van der Waals surface area (Å²) in [4.78, 5) is 0. The summed E-state index contributed by atoms with van der Waals surface area (Å²) in [7, 11) is 1.95. The van der Waals surface area contributed by atoms with Crippen LogP contribution in [0, 0.1) is 6.92 Å². The lowest BCUT2D eigenvalue weighted by molar-refractivity contribution is 0.631. The van der Waals surface area contributed by atoms with Gasteiger partial charge in [0.05, 0.1) is 0 Å². The molecule has 0 aliphatic heterocycles. The molecule has 0 spiro atoms. The summed E-state index contributed by atoms with van der Waals surface area (Å²) < 4.78 is 5.92. The lowest BCUT2D eigenvalue weighted by Crippen LogP contribution is -2.05. The highest BCUT2D eigenvalue weighted by molar-refractivity contribution is 6.31. The van der Waals surface area contributed by atoms with Gasteiger partial charge in [0.25, 0.3) is 0 Å². The first-order valence-electron chi connectivity index (χ1n) is 6.61. The normalized spacial score (nSPS) is 11.2. The largest absolute Gasteiger partial charge is 0.456 e. The topological polar surface area (TPSA) is 25.2 Å². The van der Waals surface area contributed by atoms with Crippen molar-refractivity contribution in [2.24, 2.45) is 0 Å². The van der Waals surface area contributed by atoms with E-state index in [1.807, 2.05) is 31.3 Å². The van der Waals surface area contributed by atoms with Crippen molar-refractivity contribution in [1.29, 1.82) is 0 Å². The van der Waals surface area contributed by atoms with Gasteiger partial charge in [0, 0.05) is 22.5 Å². The van der Waals surface area contributed by atoms with E-state index in [0.717, 1.165) is 33.9 Å². The molecule has 0 amide bonds. The van der Waals surface area contributed by atoms with E-state index in [1.165, 1.54) is 11.1 Å². The smallest absolute Gasteiger partial charge is 0.135 e. The summed E-state index contributed by atoms with van der Waals surface area (Å²) in [5.74, 6) is 0.885. The summed E-state index contributed by atoms with van der Waals surface area (Å²) in [5.41, 5.74) is 4.47. The Hall–Kier alpha value is -1.77. The number of rotatable bonds is 3. The van der Waals surface area contributed by atoms with Crippen LogP contribution in [0.3, 0.4) is 0 Å². The van der Waals surface area contributed by atoms with Gasteiger partial charge in [-0.3, -0.25) is 0 Å². The van der Waals surface area contributed by atoms with Crippen molar-refractivity contribution in [2.75, 3.05) is 7.05 Å². The Morgan fingerprint density at radius 1 is 1.10 bits per heavy atom. The minimum absolute atomic E-state index is 0.728. The Balaban J connectivity index is 2.06. The molecule has 0 saturated carbocycles. The van der Waals surface area contributed by atoms with Gasteiger partial charge in [-0.1, -0.05) is 29.8 Å². The van der Waals surface area contributed by atoms with Crippen LogP contribution in [0.25, 0.3) is 22.3 Å². The average molecular weight is 286 g/mol. The van der Waals surface area contributed by atoms with Crippen LogP contribution in [0.15, 0.2) is 46.9 Å². The van der Waals surface area contributed by atoms with Crippen molar-refractivity contribution in [3.05, 3.63) is 58.6 Å². The lowest BCUT2D eigenvalue weighted by atomic mass is 10.0. The number of hydrogen-bond acceptors (Lipinski definition) is 2. The molecule has 0 aliphatic carbocycles. The fourth-order valence-corrected chi connectivity index (χ4v) is 2.64. The molecule has 2 aromatic carbocycles. The Morgan fingerprint density at radius 2 is 1.95 bits per heavy atom. The van der Waals surface area contributed by atoms with Crippen LogP contribution in [0.5, 0.6) is 0 Å². The summed E-state index contributed by atoms with van der Waals surface area (Å²) >= 11 is 6.01. The molecule has 2 nitrogen and oxygen atoms in total. The van der Waals surface area contributed by atoms with E-state index in [4.69, 9.17) is 16.0 Å². The third kappa shape index (κ3) is 2.45. The summed E-state index contributed by atoms with van der Waals surface area (Å²) in [6, 6.07) is 14.1. The monoisotopic (exact) mass is 285 g/mol. The van der Waals surface area contributed by atoms with Crippen LogP contribution in [0.2, 0.25) is 5.02 Å². The fraction of sp³-hybridized carbons (Fsp3) is 0.176. The molecule has 3 aromatic rings. The van der Waals surface area contributed by atoms with Crippen molar-refractivity contribution < 1.29 is 4.42 Å². The van der Waals surface area contributed by atoms with Gasteiger partial charge in [0.15, 0.2) is 0 Å². The molecule has 3 rings (SSSR count). The van der Waals surface area contributed by atoms with Crippen LogP contribution in [0.4, 0.5) is 0 Å². The van der Waals surface area contributed by atoms with Crippen LogP contribution in [0.1, 0.15) is 11.1 Å². The number of halogens is 1. The van der Waals surface area contributed by atoms with Gasteiger partial charge in [-0.2, -0.15) is 0 Å². The molecule has 1 heterocycles. The molecule has 0 saturated heterocycles. The van der Waals surface area contributed by atoms with E-state index in [0.29, 0.717) is 0 Å². The zero-order chi connectivity index (χ0) is 14.1. The van der Waals surface area contributed by atoms with Crippen LogP contribution >= 0.6 is 11.6 Å². The van der Waals surface area contributed by atoms with Crippen molar-refractivity contribution in [2.45, 2.75) is 13.5 Å². The molecule has 0 atom stereocenters. The molecule has 1 N–H and O–H groups in total. The van der Waals surface area contributed by atoms with E-state index in [9.17, 15) is 0 Å². The molecule has 0 bridgehead atoms. The first kappa shape index (κ1) is 13.2. The number of hydrogen-bond donors (Lipinski definition) is 1. The van der Waals surface area contributed by atoms with Crippen LogP contribution < -0.4 is 5.32 Å². The summed E-state index contributed by atoms with van der Waals surface area (Å²) in [6.07, 6.45) is 0. The molecule has 20 heavy (non-hydrogen) atoms. The molecule has 0 unspecified atom stereocenters. The molecule has 102 valence electrons. The fourth-order valence-electron chi connectivity index (χ4n) is 2.46. The van der Waals surface area contributed by atoms with Gasteiger partial charge in [0.1, 0.15) is 11.3 Å². The minimum Gasteiger partial charge on any atom is -0.456 e. The molecule has 0 radical (unpaired) electrons. The Labute approximate surface area is 123 Å². The van der Waals surface area contributed by atoms with Crippen molar-refractivity contribution in [1.82, 2.24) is 5.32 Å². The second-order valence-corrected chi connectivity index (χ2v) is 5.41. The molecular formula is C17H16ClNO. The summed E-state index contributed by atoms with van der Waals surface area (Å²) in [5, 5.41) is 4.92. The van der Waals surface area contributed by atoms with Gasteiger partial charge < -0.3 is 9.73 Å². The van der Waals surface area contributed by atoms with Gasteiger partial charge in [0.2, 0.25) is 0 Å². The lowest BCUT2D eigenvalue weighted by Gasteiger charge is -2.06. The van der Waals surface area contributed by atoms with E-state index in [2.05, 4.69) is 30.4 Å². The van der Waals surface area contributed by atoms with Gasteiger partial charge in [-0.25, -0.2) is 0 Å². The number of benzene rings is 2. The van der Waals surface area contributed by atoms with Crippen molar-refractivity contribution in [3.63, 3.8) is 0 Å². The maximum absolute atomic E-state index is 6.01. The quantitative estimate of drug-likeness (QED) is 0.749. The minimum atomic E-state index is 0.728. The van der Waals surface area contributed by atoms with Gasteiger partial charge >= 0.3 is 0 Å². The van der Waals surface area contributed by atoms with Crippen LogP contribution in [-0.4, -0.2) is 7.05 Å². The molecule has 0 aliphatic rings. The SMILES string of the molecule is CNCc1ccc(-c2cc3cc(Cl)ccc3o2)c(C)c1. The molecular weight excluding hydrogens is 270 g/mol. The summed E-state index contributed by atoms with van der Waals surface area (Å²) in [6.45, 7) is 2.98. The third-order valence-electron chi connectivity index (χ3n) is 3.42. The molecule has 3 heteroatoms. The van der Waals surface area contributed by atoms with E-state index in [-0.39, 0.29) is 0 Å². The molecule has 1 aromatic heterocycles. The highest BCUT2D eigenvalue weighted by Gasteiger charge is 2.09. The number of nitrogens with one attached hydrogen (secondary N) is 1. The first-order chi connectivity index (χ1) is 9.67. The number of aryl methyl sites for hydroxylation is 1. The first-order valence-corrected chi connectivity index (χ1v) is 6.99. The Bertz CT molecular complexity index is 761. The average Bonchev–Trinajstić information content (AvgIpc) is 2.81. The maximum Gasteiger partial charge on any atom is 0.135 e. The van der Waals surface area contributed by atoms with Gasteiger partial charge in [-0.05, 0) is 49.4 Å².